The fourth-order valence-corrected chi connectivity index (χ4v) is 2.74. The quantitative estimate of drug-likeness (QED) is 0.840. The third-order valence-corrected chi connectivity index (χ3v) is 3.93. The van der Waals surface area contributed by atoms with Crippen molar-refractivity contribution >= 4 is 23.2 Å². The number of hydrogen-bond donors (Lipinski definition) is 1. The highest BCUT2D eigenvalue weighted by molar-refractivity contribution is 6.33. The number of nitrogens with two attached hydrogens (primary N) is 1. The number of halogens is 2. The summed E-state index contributed by atoms with van der Waals surface area (Å²) in [6.45, 7) is 2.57. The van der Waals surface area contributed by atoms with Crippen molar-refractivity contribution in [2.24, 2.45) is 5.73 Å². The minimum absolute atomic E-state index is 0.161. The first kappa shape index (κ1) is 16.3. The van der Waals surface area contributed by atoms with Crippen LogP contribution in [0.3, 0.4) is 0 Å². The van der Waals surface area contributed by atoms with Gasteiger partial charge in [-0.25, -0.2) is 0 Å². The second-order valence-corrected chi connectivity index (χ2v) is 5.73. The van der Waals surface area contributed by atoms with Gasteiger partial charge in [0.05, 0.1) is 6.10 Å². The second kappa shape index (κ2) is 7.81. The Bertz CT molecular complexity index is 574. The molecule has 0 saturated carbocycles. The summed E-state index contributed by atoms with van der Waals surface area (Å²) in [6, 6.07) is 15.2. The van der Waals surface area contributed by atoms with Gasteiger partial charge < -0.3 is 10.5 Å². The normalized spacial score (nSPS) is 13.9. The fourth-order valence-electron chi connectivity index (χ4n) is 2.35. The van der Waals surface area contributed by atoms with Crippen molar-refractivity contribution in [3.8, 4) is 0 Å². The Kier molecular flexibility index (Phi) is 6.07. The van der Waals surface area contributed by atoms with Gasteiger partial charge in [-0.1, -0.05) is 53.5 Å². The molecule has 2 unspecified atom stereocenters. The Morgan fingerprint density at radius 3 is 2.48 bits per heavy atom. The smallest absolute Gasteiger partial charge is 0.0978 e. The lowest BCUT2D eigenvalue weighted by atomic mass is 9.96. The van der Waals surface area contributed by atoms with Crippen LogP contribution in [0.1, 0.15) is 24.2 Å². The summed E-state index contributed by atoms with van der Waals surface area (Å²) in [5.74, 6) is 0. The van der Waals surface area contributed by atoms with Gasteiger partial charge in [-0.15, -0.1) is 0 Å². The van der Waals surface area contributed by atoms with Crippen molar-refractivity contribution in [1.29, 1.82) is 0 Å². The maximum atomic E-state index is 6.36. The van der Waals surface area contributed by atoms with Crippen molar-refractivity contribution in [3.05, 3.63) is 69.7 Å². The van der Waals surface area contributed by atoms with Crippen molar-refractivity contribution in [1.82, 2.24) is 0 Å². The van der Waals surface area contributed by atoms with Crippen molar-refractivity contribution in [2.75, 3.05) is 6.61 Å². The van der Waals surface area contributed by atoms with E-state index in [0.29, 0.717) is 23.1 Å². The van der Waals surface area contributed by atoms with Gasteiger partial charge in [-0.3, -0.25) is 0 Å². The van der Waals surface area contributed by atoms with E-state index in [1.165, 1.54) is 0 Å². The van der Waals surface area contributed by atoms with Crippen LogP contribution in [0, 0.1) is 0 Å². The molecule has 2 rings (SSSR count). The van der Waals surface area contributed by atoms with Gasteiger partial charge in [0.1, 0.15) is 0 Å². The molecule has 2 N–H and O–H groups in total. The molecule has 0 saturated heterocycles. The summed E-state index contributed by atoms with van der Waals surface area (Å²) in [6.07, 6.45) is 0.449. The van der Waals surface area contributed by atoms with E-state index in [0.717, 1.165) is 11.1 Å². The Morgan fingerprint density at radius 2 is 1.81 bits per heavy atom. The second-order valence-electron chi connectivity index (χ2n) is 4.89. The lowest BCUT2D eigenvalue weighted by Gasteiger charge is -2.24. The third kappa shape index (κ3) is 4.45. The summed E-state index contributed by atoms with van der Waals surface area (Å²) in [5, 5.41) is 1.34. The summed E-state index contributed by atoms with van der Waals surface area (Å²) >= 11 is 12.2. The van der Waals surface area contributed by atoms with Crippen molar-refractivity contribution < 1.29 is 4.74 Å². The lowest BCUT2D eigenvalue weighted by Crippen LogP contribution is -2.32. The van der Waals surface area contributed by atoms with Gasteiger partial charge in [0.15, 0.2) is 0 Å². The summed E-state index contributed by atoms with van der Waals surface area (Å²) < 4.78 is 5.83. The van der Waals surface area contributed by atoms with E-state index >= 15 is 0 Å². The van der Waals surface area contributed by atoms with Crippen LogP contribution in [0.2, 0.25) is 10.0 Å². The van der Waals surface area contributed by atoms with E-state index in [1.54, 1.807) is 12.1 Å². The van der Waals surface area contributed by atoms with Gasteiger partial charge in [0.25, 0.3) is 0 Å². The van der Waals surface area contributed by atoms with E-state index < -0.39 is 0 Å². The highest BCUT2D eigenvalue weighted by Gasteiger charge is 2.21. The molecule has 112 valence electrons. The molecule has 0 aliphatic rings. The summed E-state index contributed by atoms with van der Waals surface area (Å²) in [4.78, 5) is 0. The zero-order chi connectivity index (χ0) is 15.2. The predicted molar refractivity (Wildman–Crippen MR) is 89.0 cm³/mol. The molecular weight excluding hydrogens is 305 g/mol. The molecule has 21 heavy (non-hydrogen) atoms. The van der Waals surface area contributed by atoms with Crippen molar-refractivity contribution in [2.45, 2.75) is 25.5 Å². The lowest BCUT2D eigenvalue weighted by molar-refractivity contribution is 0.0433. The topological polar surface area (TPSA) is 35.2 Å². The molecule has 0 amide bonds. The molecule has 0 heterocycles. The molecule has 0 fully saturated rings. The molecular formula is C17H19Cl2NO. The standard InChI is InChI=1S/C17H19Cl2NO/c1-2-21-17(12-6-4-3-5-7-12)16(20)11-13-10-14(18)8-9-15(13)19/h3-10,16-17H,2,11,20H2,1H3. The van der Waals surface area contributed by atoms with Crippen LogP contribution in [0.4, 0.5) is 0 Å². The van der Waals surface area contributed by atoms with E-state index in [-0.39, 0.29) is 12.1 Å². The van der Waals surface area contributed by atoms with Crippen LogP contribution in [0.25, 0.3) is 0 Å². The highest BCUT2D eigenvalue weighted by atomic mass is 35.5. The molecule has 0 radical (unpaired) electrons. The zero-order valence-corrected chi connectivity index (χ0v) is 13.4. The molecule has 0 bridgehead atoms. The van der Waals surface area contributed by atoms with Crippen LogP contribution in [0.15, 0.2) is 48.5 Å². The number of hydrogen-bond acceptors (Lipinski definition) is 2. The SMILES string of the molecule is CCOC(c1ccccc1)C(N)Cc1cc(Cl)ccc1Cl. The average Bonchev–Trinajstić information content (AvgIpc) is 2.49. The molecule has 2 nitrogen and oxygen atoms in total. The van der Waals surface area contributed by atoms with Crippen LogP contribution in [-0.2, 0) is 11.2 Å². The summed E-state index contributed by atoms with van der Waals surface area (Å²) in [7, 11) is 0. The first-order chi connectivity index (χ1) is 10.1. The highest BCUT2D eigenvalue weighted by Crippen LogP contribution is 2.26. The average molecular weight is 324 g/mol. The molecule has 2 aromatic rings. The Hall–Kier alpha value is -1.06. The number of rotatable bonds is 6. The predicted octanol–water partition coefficient (Wildman–Crippen LogP) is 4.64. The fraction of sp³-hybridized carbons (Fsp3) is 0.294. The Labute approximate surface area is 135 Å². The van der Waals surface area contributed by atoms with Crippen LogP contribution in [-0.4, -0.2) is 12.6 Å². The minimum Gasteiger partial charge on any atom is -0.372 e. The zero-order valence-electron chi connectivity index (χ0n) is 11.9. The van der Waals surface area contributed by atoms with Gasteiger partial charge in [-0.05, 0) is 42.7 Å². The maximum absolute atomic E-state index is 6.36. The molecule has 2 atom stereocenters. The van der Waals surface area contributed by atoms with Crippen molar-refractivity contribution in [3.63, 3.8) is 0 Å². The van der Waals surface area contributed by atoms with E-state index in [1.807, 2.05) is 43.3 Å². The summed E-state index contributed by atoms with van der Waals surface area (Å²) in [5.41, 5.74) is 8.38. The first-order valence-electron chi connectivity index (χ1n) is 6.98. The molecule has 4 heteroatoms. The Morgan fingerprint density at radius 1 is 1.10 bits per heavy atom. The first-order valence-corrected chi connectivity index (χ1v) is 7.73. The molecule has 2 aromatic carbocycles. The van der Waals surface area contributed by atoms with Gasteiger partial charge in [0, 0.05) is 22.7 Å². The van der Waals surface area contributed by atoms with Gasteiger partial charge in [-0.2, -0.15) is 0 Å². The molecule has 0 spiro atoms. The monoisotopic (exact) mass is 323 g/mol. The number of benzene rings is 2. The largest absolute Gasteiger partial charge is 0.372 e. The third-order valence-electron chi connectivity index (χ3n) is 3.33. The number of ether oxygens (including phenoxy) is 1. The van der Waals surface area contributed by atoms with Gasteiger partial charge >= 0.3 is 0 Å². The maximum Gasteiger partial charge on any atom is 0.0978 e. The van der Waals surface area contributed by atoms with Crippen LogP contribution < -0.4 is 5.73 Å². The molecule has 0 aromatic heterocycles. The van der Waals surface area contributed by atoms with E-state index in [4.69, 9.17) is 33.7 Å². The minimum atomic E-state index is -0.191. The van der Waals surface area contributed by atoms with Crippen LogP contribution >= 0.6 is 23.2 Å². The molecule has 0 aliphatic carbocycles. The van der Waals surface area contributed by atoms with Crippen LogP contribution in [0.5, 0.6) is 0 Å². The Balaban J connectivity index is 2.19. The molecule has 0 aliphatic heterocycles. The van der Waals surface area contributed by atoms with E-state index in [9.17, 15) is 0 Å². The van der Waals surface area contributed by atoms with E-state index in [2.05, 4.69) is 0 Å². The van der Waals surface area contributed by atoms with Gasteiger partial charge in [0.2, 0.25) is 0 Å².